The minimum Gasteiger partial charge on any atom is -0.371 e. The SMILES string of the molecule is CCCCN(CCCC)c1ccccc1C(=O)c1ccccc1N(CCCC)CCCC. The van der Waals surface area contributed by atoms with Gasteiger partial charge in [-0.2, -0.15) is 0 Å². The van der Waals surface area contributed by atoms with E-state index in [-0.39, 0.29) is 5.78 Å². The molecule has 0 aliphatic heterocycles. The highest BCUT2D eigenvalue weighted by Crippen LogP contribution is 2.29. The number of carbonyl (C=O) groups is 1. The molecule has 3 nitrogen and oxygen atoms in total. The van der Waals surface area contributed by atoms with Crippen molar-refractivity contribution in [1.82, 2.24) is 0 Å². The first-order valence-electron chi connectivity index (χ1n) is 12.9. The fourth-order valence-corrected chi connectivity index (χ4v) is 4.13. The molecule has 2 aromatic carbocycles. The van der Waals surface area contributed by atoms with Crippen molar-refractivity contribution >= 4 is 17.2 Å². The van der Waals surface area contributed by atoms with Crippen LogP contribution in [0.3, 0.4) is 0 Å². The number of nitrogens with zero attached hydrogens (tertiary/aromatic N) is 2. The number of anilines is 2. The first-order valence-corrected chi connectivity index (χ1v) is 12.9. The number of hydrogen-bond donors (Lipinski definition) is 0. The maximum Gasteiger partial charge on any atom is 0.197 e. The lowest BCUT2D eigenvalue weighted by molar-refractivity contribution is 0.103. The summed E-state index contributed by atoms with van der Waals surface area (Å²) in [6.07, 6.45) is 9.21. The van der Waals surface area contributed by atoms with E-state index in [9.17, 15) is 4.79 Å². The molecule has 0 unspecified atom stereocenters. The molecule has 0 aliphatic carbocycles. The molecule has 32 heavy (non-hydrogen) atoms. The van der Waals surface area contributed by atoms with Crippen LogP contribution in [-0.2, 0) is 0 Å². The zero-order valence-corrected chi connectivity index (χ0v) is 20.9. The maximum absolute atomic E-state index is 13.9. The predicted octanol–water partition coefficient (Wildman–Crippen LogP) is 7.73. The Hall–Kier alpha value is -2.29. The summed E-state index contributed by atoms with van der Waals surface area (Å²) in [7, 11) is 0. The molecule has 176 valence electrons. The average Bonchev–Trinajstić information content (AvgIpc) is 2.84. The lowest BCUT2D eigenvalue weighted by Gasteiger charge is -2.29. The van der Waals surface area contributed by atoms with Crippen LogP contribution in [0.4, 0.5) is 11.4 Å². The van der Waals surface area contributed by atoms with Gasteiger partial charge in [0.25, 0.3) is 0 Å². The molecule has 0 aromatic heterocycles. The van der Waals surface area contributed by atoms with E-state index in [1.54, 1.807) is 0 Å². The molecule has 0 radical (unpaired) electrons. The Morgan fingerprint density at radius 2 is 0.875 bits per heavy atom. The molecular formula is C29H44N2O. The average molecular weight is 437 g/mol. The molecule has 0 saturated heterocycles. The lowest BCUT2D eigenvalue weighted by Crippen LogP contribution is -2.29. The molecule has 0 saturated carbocycles. The Bertz CT molecular complexity index is 720. The summed E-state index contributed by atoms with van der Waals surface area (Å²) in [5, 5.41) is 0. The number of unbranched alkanes of at least 4 members (excludes halogenated alkanes) is 4. The lowest BCUT2D eigenvalue weighted by atomic mass is 9.98. The van der Waals surface area contributed by atoms with Crippen LogP contribution >= 0.6 is 0 Å². The van der Waals surface area contributed by atoms with Gasteiger partial charge in [0.2, 0.25) is 0 Å². The molecular weight excluding hydrogens is 392 g/mol. The van der Waals surface area contributed by atoms with Gasteiger partial charge >= 0.3 is 0 Å². The van der Waals surface area contributed by atoms with E-state index in [2.05, 4.69) is 61.8 Å². The van der Waals surface area contributed by atoms with E-state index >= 15 is 0 Å². The van der Waals surface area contributed by atoms with E-state index in [0.29, 0.717) is 0 Å². The van der Waals surface area contributed by atoms with Crippen molar-refractivity contribution in [3.05, 3.63) is 59.7 Å². The molecule has 0 aliphatic rings. The van der Waals surface area contributed by atoms with E-state index < -0.39 is 0 Å². The fourth-order valence-electron chi connectivity index (χ4n) is 4.13. The van der Waals surface area contributed by atoms with Crippen LogP contribution < -0.4 is 9.80 Å². The summed E-state index contributed by atoms with van der Waals surface area (Å²) in [6, 6.07) is 16.4. The Morgan fingerprint density at radius 1 is 0.562 bits per heavy atom. The Kier molecular flexibility index (Phi) is 11.9. The van der Waals surface area contributed by atoms with Crippen molar-refractivity contribution in [3.63, 3.8) is 0 Å². The summed E-state index contributed by atoms with van der Waals surface area (Å²) in [6.45, 7) is 12.9. The van der Waals surface area contributed by atoms with Gasteiger partial charge in [0.15, 0.2) is 5.78 Å². The number of benzene rings is 2. The largest absolute Gasteiger partial charge is 0.371 e. The molecule has 0 fully saturated rings. The van der Waals surface area contributed by atoms with Gasteiger partial charge in [0, 0.05) is 48.7 Å². The van der Waals surface area contributed by atoms with Crippen molar-refractivity contribution in [2.45, 2.75) is 79.1 Å². The number of carbonyl (C=O) groups excluding carboxylic acids is 1. The highest BCUT2D eigenvalue weighted by molar-refractivity contribution is 6.15. The Balaban J connectivity index is 2.43. The maximum atomic E-state index is 13.9. The molecule has 0 spiro atoms. The summed E-state index contributed by atoms with van der Waals surface area (Å²) in [5.41, 5.74) is 3.84. The molecule has 2 rings (SSSR count). The fraction of sp³-hybridized carbons (Fsp3) is 0.552. The highest BCUT2D eigenvalue weighted by atomic mass is 16.1. The minimum absolute atomic E-state index is 0.146. The van der Waals surface area contributed by atoms with Crippen LogP contribution in [0.25, 0.3) is 0 Å². The number of hydrogen-bond acceptors (Lipinski definition) is 3. The Morgan fingerprint density at radius 3 is 1.19 bits per heavy atom. The first kappa shape index (κ1) is 26.0. The van der Waals surface area contributed by atoms with Gasteiger partial charge < -0.3 is 9.80 Å². The zero-order chi connectivity index (χ0) is 23.2. The number of ketones is 1. The van der Waals surface area contributed by atoms with E-state index in [1.165, 1.54) is 0 Å². The van der Waals surface area contributed by atoms with E-state index in [0.717, 1.165) is 100 Å². The van der Waals surface area contributed by atoms with Crippen molar-refractivity contribution < 1.29 is 4.79 Å². The van der Waals surface area contributed by atoms with Crippen LogP contribution in [0.1, 0.15) is 95.0 Å². The second-order valence-corrected chi connectivity index (χ2v) is 8.75. The molecule has 2 aromatic rings. The summed E-state index contributed by atoms with van der Waals surface area (Å²) < 4.78 is 0. The number of para-hydroxylation sites is 2. The van der Waals surface area contributed by atoms with Gasteiger partial charge in [0.05, 0.1) is 0 Å². The van der Waals surface area contributed by atoms with Crippen LogP contribution in [0.15, 0.2) is 48.5 Å². The van der Waals surface area contributed by atoms with Gasteiger partial charge in [0.1, 0.15) is 0 Å². The van der Waals surface area contributed by atoms with Gasteiger partial charge in [-0.05, 0) is 49.9 Å². The van der Waals surface area contributed by atoms with Gasteiger partial charge in [-0.3, -0.25) is 4.79 Å². The second-order valence-electron chi connectivity index (χ2n) is 8.75. The summed E-state index contributed by atoms with van der Waals surface area (Å²) in [5.74, 6) is 0.146. The minimum atomic E-state index is 0.146. The van der Waals surface area contributed by atoms with Gasteiger partial charge in [-0.15, -0.1) is 0 Å². The third-order valence-electron chi connectivity index (χ3n) is 6.11. The molecule has 0 bridgehead atoms. The third-order valence-corrected chi connectivity index (χ3v) is 6.11. The highest BCUT2D eigenvalue weighted by Gasteiger charge is 2.21. The molecule has 0 atom stereocenters. The summed E-state index contributed by atoms with van der Waals surface area (Å²) >= 11 is 0. The second kappa shape index (κ2) is 14.7. The third kappa shape index (κ3) is 7.39. The first-order chi connectivity index (χ1) is 15.7. The van der Waals surface area contributed by atoms with E-state index in [4.69, 9.17) is 0 Å². The smallest absolute Gasteiger partial charge is 0.197 e. The summed E-state index contributed by atoms with van der Waals surface area (Å²) in [4.78, 5) is 18.8. The standard InChI is InChI=1S/C29H44N2O/c1-5-9-21-30(22-10-6-2)27-19-15-13-17-25(27)29(32)26-18-14-16-20-28(26)31(23-11-7-3)24-12-8-4/h13-20H,5-12,21-24H2,1-4H3. The number of rotatable bonds is 16. The van der Waals surface area contributed by atoms with Crippen molar-refractivity contribution in [3.8, 4) is 0 Å². The van der Waals surface area contributed by atoms with E-state index in [1.807, 2.05) is 24.3 Å². The monoisotopic (exact) mass is 436 g/mol. The zero-order valence-electron chi connectivity index (χ0n) is 20.9. The molecule has 0 N–H and O–H groups in total. The topological polar surface area (TPSA) is 23.6 Å². The van der Waals surface area contributed by atoms with Crippen molar-refractivity contribution in [1.29, 1.82) is 0 Å². The van der Waals surface area contributed by atoms with Crippen molar-refractivity contribution in [2.24, 2.45) is 0 Å². The molecule has 0 amide bonds. The van der Waals surface area contributed by atoms with Crippen LogP contribution in [0, 0.1) is 0 Å². The van der Waals surface area contributed by atoms with Crippen LogP contribution in [-0.4, -0.2) is 32.0 Å². The normalized spacial score (nSPS) is 10.9. The van der Waals surface area contributed by atoms with Crippen LogP contribution in [0.2, 0.25) is 0 Å². The Labute approximate surface area is 196 Å². The molecule has 0 heterocycles. The van der Waals surface area contributed by atoms with Crippen molar-refractivity contribution in [2.75, 3.05) is 36.0 Å². The van der Waals surface area contributed by atoms with Gasteiger partial charge in [-0.1, -0.05) is 77.6 Å². The van der Waals surface area contributed by atoms with Gasteiger partial charge in [-0.25, -0.2) is 0 Å². The predicted molar refractivity (Wildman–Crippen MR) is 140 cm³/mol. The quantitative estimate of drug-likeness (QED) is 0.251. The molecule has 3 heteroatoms. The van der Waals surface area contributed by atoms with Crippen LogP contribution in [0.5, 0.6) is 0 Å².